The van der Waals surface area contributed by atoms with Crippen molar-refractivity contribution in [3.05, 3.63) is 82.9 Å². The van der Waals surface area contributed by atoms with Crippen LogP contribution in [-0.4, -0.2) is 45.2 Å². The third-order valence-electron chi connectivity index (χ3n) is 4.75. The van der Waals surface area contributed by atoms with Gasteiger partial charge in [0.05, 0.1) is 19.3 Å². The lowest BCUT2D eigenvalue weighted by Gasteiger charge is -2.14. The molecule has 0 aliphatic carbocycles. The Bertz CT molecular complexity index is 998. The molecule has 0 bridgehead atoms. The number of hydrogen-bond donors (Lipinski definition) is 2. The van der Waals surface area contributed by atoms with Crippen molar-refractivity contribution in [3.63, 3.8) is 0 Å². The van der Waals surface area contributed by atoms with Crippen LogP contribution in [0.4, 0.5) is 0 Å². The number of aliphatic hydroxyl groups excluding tert-OH is 1. The van der Waals surface area contributed by atoms with Gasteiger partial charge in [-0.15, -0.1) is 0 Å². The molecule has 0 saturated carbocycles. The van der Waals surface area contributed by atoms with Crippen molar-refractivity contribution in [1.82, 2.24) is 20.1 Å². The highest BCUT2D eigenvalue weighted by Gasteiger charge is 2.18. The highest BCUT2D eigenvalue weighted by molar-refractivity contribution is 6.00. The number of nitrogens with zero attached hydrogens (tertiary/aromatic N) is 3. The first-order valence-electron chi connectivity index (χ1n) is 9.46. The van der Waals surface area contributed by atoms with Gasteiger partial charge in [0, 0.05) is 36.8 Å². The van der Waals surface area contributed by atoms with E-state index in [1.54, 1.807) is 23.1 Å². The Morgan fingerprint density at radius 2 is 1.97 bits per heavy atom. The predicted molar refractivity (Wildman–Crippen MR) is 109 cm³/mol. The van der Waals surface area contributed by atoms with Crippen LogP contribution in [-0.2, 0) is 13.0 Å². The van der Waals surface area contributed by atoms with Crippen molar-refractivity contribution in [2.75, 3.05) is 13.7 Å². The zero-order valence-electron chi connectivity index (χ0n) is 16.5. The van der Waals surface area contributed by atoms with Crippen molar-refractivity contribution < 1.29 is 14.7 Å². The molecule has 1 atom stereocenters. The molecule has 2 aromatic heterocycles. The van der Waals surface area contributed by atoms with Gasteiger partial charge in [-0.05, 0) is 23.3 Å². The highest BCUT2D eigenvalue weighted by Crippen LogP contribution is 2.24. The molecule has 150 valence electrons. The van der Waals surface area contributed by atoms with Gasteiger partial charge in [-0.25, -0.2) is 4.98 Å². The van der Waals surface area contributed by atoms with Gasteiger partial charge in [0.2, 0.25) is 0 Å². The number of nitrogens with one attached hydrogen (secondary N) is 1. The molecule has 0 unspecified atom stereocenters. The molecule has 2 heterocycles. The summed E-state index contributed by atoms with van der Waals surface area (Å²) in [5, 5.41) is 15.7. The second-order valence-corrected chi connectivity index (χ2v) is 6.81. The van der Waals surface area contributed by atoms with Crippen LogP contribution < -0.4 is 5.32 Å². The number of carbonyl (C=O) groups excluding carboxylic acids is 2. The van der Waals surface area contributed by atoms with Gasteiger partial charge in [0.25, 0.3) is 5.91 Å². The topological polar surface area (TPSA) is 97.1 Å². The van der Waals surface area contributed by atoms with E-state index >= 15 is 0 Å². The van der Waals surface area contributed by atoms with E-state index < -0.39 is 0 Å². The lowest BCUT2D eigenvalue weighted by Crippen LogP contribution is -2.21. The van der Waals surface area contributed by atoms with Crippen LogP contribution in [0.3, 0.4) is 0 Å². The number of ketones is 1. The van der Waals surface area contributed by atoms with Gasteiger partial charge in [0.15, 0.2) is 5.78 Å². The van der Waals surface area contributed by atoms with Crippen LogP contribution in [0, 0.1) is 0 Å². The number of aliphatic hydroxyl groups is 1. The number of hydrogen-bond acceptors (Lipinski definition) is 5. The number of carbonyl (C=O) groups is 2. The molecule has 3 aromatic rings. The lowest BCUT2D eigenvalue weighted by molar-refractivity contribution is 0.0958. The molecule has 3 rings (SSSR count). The first kappa shape index (κ1) is 20.4. The van der Waals surface area contributed by atoms with Crippen molar-refractivity contribution in [2.24, 2.45) is 0 Å². The van der Waals surface area contributed by atoms with E-state index in [9.17, 15) is 9.59 Å². The highest BCUT2D eigenvalue weighted by atomic mass is 16.3. The Hall–Kier alpha value is -3.32. The Kier molecular flexibility index (Phi) is 6.51. The zero-order chi connectivity index (χ0) is 20.8. The molecule has 0 spiro atoms. The maximum absolute atomic E-state index is 12.9. The van der Waals surface area contributed by atoms with E-state index in [0.29, 0.717) is 17.8 Å². The molecule has 0 radical (unpaired) electrons. The fourth-order valence-electron chi connectivity index (χ4n) is 3.10. The van der Waals surface area contributed by atoms with Crippen molar-refractivity contribution >= 4 is 11.7 Å². The van der Waals surface area contributed by atoms with Gasteiger partial charge in [-0.2, -0.15) is 5.10 Å². The number of rotatable bonds is 8. The summed E-state index contributed by atoms with van der Waals surface area (Å²) in [4.78, 5) is 29.6. The molecule has 7 nitrogen and oxygen atoms in total. The van der Waals surface area contributed by atoms with Gasteiger partial charge < -0.3 is 10.4 Å². The van der Waals surface area contributed by atoms with Crippen molar-refractivity contribution in [1.29, 1.82) is 0 Å². The maximum Gasteiger partial charge on any atom is 0.269 e. The average Bonchev–Trinajstić information content (AvgIpc) is 3.20. The summed E-state index contributed by atoms with van der Waals surface area (Å²) in [5.74, 6) is -0.529. The molecule has 1 aromatic carbocycles. The molecular weight excluding hydrogens is 368 g/mol. The molecule has 1 amide bonds. The molecule has 0 aliphatic heterocycles. The third kappa shape index (κ3) is 4.94. The third-order valence-corrected chi connectivity index (χ3v) is 4.75. The minimum absolute atomic E-state index is 0.0182. The number of Topliss-reactive ketones (excluding diaryl/α,β-unsaturated/α-hetero) is 1. The minimum Gasteiger partial charge on any atom is -0.394 e. The van der Waals surface area contributed by atoms with Crippen LogP contribution in [0.2, 0.25) is 0 Å². The van der Waals surface area contributed by atoms with Gasteiger partial charge in [-0.3, -0.25) is 14.3 Å². The van der Waals surface area contributed by atoms with E-state index in [0.717, 1.165) is 11.1 Å². The fourth-order valence-corrected chi connectivity index (χ4v) is 3.10. The predicted octanol–water partition coefficient (Wildman–Crippen LogP) is 2.21. The quantitative estimate of drug-likeness (QED) is 0.573. The van der Waals surface area contributed by atoms with Crippen LogP contribution in [0.25, 0.3) is 0 Å². The standard InChI is InChI=1S/C22H24N4O3/c1-15(17-6-4-3-5-7-17)19-11-18(12-20(25-19)22(29)23-2)21(28)10-16-13-24-26(14-16)8-9-27/h3-7,11-15,27H,8-10H2,1-2H3,(H,23,29)/t15-/m0/s1. The minimum atomic E-state index is -0.336. The normalized spacial score (nSPS) is 11.8. The first-order valence-corrected chi connectivity index (χ1v) is 9.46. The molecular formula is C22H24N4O3. The Morgan fingerprint density at radius 3 is 2.66 bits per heavy atom. The Balaban J connectivity index is 1.92. The summed E-state index contributed by atoms with van der Waals surface area (Å²) in [6, 6.07) is 13.1. The van der Waals surface area contributed by atoms with E-state index in [1.807, 2.05) is 37.3 Å². The summed E-state index contributed by atoms with van der Waals surface area (Å²) in [6.07, 6.45) is 3.51. The largest absolute Gasteiger partial charge is 0.394 e. The maximum atomic E-state index is 12.9. The number of benzene rings is 1. The first-order chi connectivity index (χ1) is 14.0. The molecule has 0 saturated heterocycles. The monoisotopic (exact) mass is 392 g/mol. The van der Waals surface area contributed by atoms with Crippen LogP contribution in [0.15, 0.2) is 54.9 Å². The van der Waals surface area contributed by atoms with Gasteiger partial charge in [-0.1, -0.05) is 37.3 Å². The van der Waals surface area contributed by atoms with Crippen LogP contribution >= 0.6 is 0 Å². The van der Waals surface area contributed by atoms with Crippen LogP contribution in [0.5, 0.6) is 0 Å². The molecule has 0 fully saturated rings. The molecule has 0 aliphatic rings. The summed E-state index contributed by atoms with van der Waals surface area (Å²) in [5.41, 5.74) is 3.12. The summed E-state index contributed by atoms with van der Waals surface area (Å²) in [6.45, 7) is 2.36. The van der Waals surface area contributed by atoms with E-state index in [2.05, 4.69) is 15.4 Å². The average molecular weight is 392 g/mol. The molecule has 2 N–H and O–H groups in total. The lowest BCUT2D eigenvalue weighted by atomic mass is 9.94. The Labute approximate surface area is 169 Å². The fraction of sp³-hybridized carbons (Fsp3) is 0.273. The smallest absolute Gasteiger partial charge is 0.269 e. The van der Waals surface area contributed by atoms with E-state index in [4.69, 9.17) is 5.11 Å². The zero-order valence-corrected chi connectivity index (χ0v) is 16.5. The number of pyridine rings is 1. The van der Waals surface area contributed by atoms with Gasteiger partial charge in [0.1, 0.15) is 5.69 Å². The Morgan fingerprint density at radius 1 is 1.21 bits per heavy atom. The summed E-state index contributed by atoms with van der Waals surface area (Å²) < 4.78 is 1.59. The summed E-state index contributed by atoms with van der Waals surface area (Å²) >= 11 is 0. The number of aromatic nitrogens is 3. The van der Waals surface area contributed by atoms with E-state index in [1.165, 1.54) is 13.1 Å². The van der Waals surface area contributed by atoms with E-state index in [-0.39, 0.29) is 36.3 Å². The number of amides is 1. The van der Waals surface area contributed by atoms with Gasteiger partial charge >= 0.3 is 0 Å². The second-order valence-electron chi connectivity index (χ2n) is 6.81. The van der Waals surface area contributed by atoms with Crippen molar-refractivity contribution in [3.8, 4) is 0 Å². The van der Waals surface area contributed by atoms with Crippen molar-refractivity contribution in [2.45, 2.75) is 25.8 Å². The van der Waals surface area contributed by atoms with Crippen LogP contribution in [0.1, 0.15) is 50.5 Å². The molecule has 7 heteroatoms. The summed E-state index contributed by atoms with van der Waals surface area (Å²) in [7, 11) is 1.54. The second kappa shape index (κ2) is 9.25. The molecule has 29 heavy (non-hydrogen) atoms. The SMILES string of the molecule is CNC(=O)c1cc(C(=O)Cc2cnn(CCO)c2)cc([C@@H](C)c2ccccc2)n1.